The summed E-state index contributed by atoms with van der Waals surface area (Å²) in [5.74, 6) is 0.736. The highest BCUT2D eigenvalue weighted by Crippen LogP contribution is 2.50. The van der Waals surface area contributed by atoms with E-state index in [1.165, 1.54) is 11.4 Å². The van der Waals surface area contributed by atoms with Gasteiger partial charge in [-0.15, -0.1) is 5.12 Å². The number of carboxylic acids is 1. The van der Waals surface area contributed by atoms with Gasteiger partial charge in [-0.25, -0.2) is 0 Å². The SMILES string of the molecule is Cc1ccc(NC(=O)C[C@H](CCC(=O)O)N2C(C3CC3)=C([C@H]3C[C@@H](CC(C)CN=[N+]=[N-])C3)NN2C)c(Cl)c1. The molecule has 1 aromatic carbocycles. The lowest BCUT2D eigenvalue weighted by molar-refractivity contribution is -0.138. The number of benzene rings is 1. The number of nitrogens with zero attached hydrogens (tertiary/aromatic N) is 5. The number of allylic oxidation sites excluding steroid dienone is 2. The number of carbonyl (C=O) groups excluding carboxylic acids is 1. The summed E-state index contributed by atoms with van der Waals surface area (Å²) in [4.78, 5) is 27.5. The van der Waals surface area contributed by atoms with Crippen LogP contribution in [0.4, 0.5) is 5.69 Å². The van der Waals surface area contributed by atoms with Gasteiger partial charge in [0.15, 0.2) is 0 Å². The molecule has 0 saturated heterocycles. The summed E-state index contributed by atoms with van der Waals surface area (Å²) in [6, 6.07) is 5.19. The van der Waals surface area contributed by atoms with Crippen LogP contribution >= 0.6 is 11.6 Å². The maximum absolute atomic E-state index is 13.1. The molecular formula is C27H38ClN7O3. The summed E-state index contributed by atoms with van der Waals surface area (Å²) in [5, 5.41) is 20.6. The maximum atomic E-state index is 13.1. The zero-order chi connectivity index (χ0) is 27.4. The summed E-state index contributed by atoms with van der Waals surface area (Å²) in [7, 11) is 1.94. The number of hydrogen-bond acceptors (Lipinski definition) is 6. The van der Waals surface area contributed by atoms with Gasteiger partial charge >= 0.3 is 5.97 Å². The van der Waals surface area contributed by atoms with Crippen molar-refractivity contribution in [3.63, 3.8) is 0 Å². The molecular weight excluding hydrogens is 506 g/mol. The van der Waals surface area contributed by atoms with Crippen LogP contribution in [0.25, 0.3) is 10.4 Å². The zero-order valence-electron chi connectivity index (χ0n) is 22.4. The molecule has 1 unspecified atom stereocenters. The number of aliphatic carboxylic acids is 1. The van der Waals surface area contributed by atoms with Crippen LogP contribution in [0.15, 0.2) is 34.7 Å². The zero-order valence-corrected chi connectivity index (χ0v) is 23.1. The highest BCUT2D eigenvalue weighted by molar-refractivity contribution is 6.33. The quantitative estimate of drug-likeness (QED) is 0.162. The highest BCUT2D eigenvalue weighted by Gasteiger charge is 2.46. The van der Waals surface area contributed by atoms with Crippen LogP contribution in [0, 0.1) is 30.6 Å². The van der Waals surface area contributed by atoms with Gasteiger partial charge in [0.05, 0.1) is 28.1 Å². The fourth-order valence-corrected chi connectivity index (χ4v) is 6.08. The minimum Gasteiger partial charge on any atom is -0.481 e. The molecule has 206 valence electrons. The van der Waals surface area contributed by atoms with Crippen molar-refractivity contribution in [1.82, 2.24) is 15.6 Å². The second-order valence-electron chi connectivity index (χ2n) is 11.2. The number of rotatable bonds is 13. The predicted molar refractivity (Wildman–Crippen MR) is 147 cm³/mol. The third-order valence-electron chi connectivity index (χ3n) is 7.79. The van der Waals surface area contributed by atoms with Crippen LogP contribution in [0.3, 0.4) is 0 Å². The molecule has 11 heteroatoms. The van der Waals surface area contributed by atoms with Gasteiger partial charge in [-0.1, -0.05) is 29.7 Å². The summed E-state index contributed by atoms with van der Waals surface area (Å²) in [6.07, 6.45) is 5.88. The van der Waals surface area contributed by atoms with Gasteiger partial charge in [-0.05, 0) is 80.5 Å². The Balaban J connectivity index is 1.48. The molecule has 2 aliphatic carbocycles. The molecule has 1 amide bonds. The van der Waals surface area contributed by atoms with Crippen molar-refractivity contribution in [2.45, 2.75) is 71.3 Å². The van der Waals surface area contributed by atoms with E-state index in [-0.39, 0.29) is 24.8 Å². The van der Waals surface area contributed by atoms with E-state index in [9.17, 15) is 14.7 Å². The topological polar surface area (TPSA) is 134 Å². The lowest BCUT2D eigenvalue weighted by atomic mass is 9.69. The molecule has 0 aromatic heterocycles. The van der Waals surface area contributed by atoms with Crippen molar-refractivity contribution >= 4 is 29.2 Å². The van der Waals surface area contributed by atoms with Gasteiger partial charge in [0.25, 0.3) is 0 Å². The monoisotopic (exact) mass is 543 g/mol. The van der Waals surface area contributed by atoms with E-state index < -0.39 is 5.97 Å². The first kappa shape index (κ1) is 28.1. The number of hydrazine groups is 2. The first-order valence-corrected chi connectivity index (χ1v) is 13.9. The van der Waals surface area contributed by atoms with Gasteiger partial charge in [-0.3, -0.25) is 14.6 Å². The standard InChI is InChI=1S/C27H38ClN7O3/c1-16-4-8-23(22(28)11-16)31-24(36)14-21(7-9-25(37)38)35-27(19-5-6-19)26(32-34(35)3)20-12-18(13-20)10-17(2)15-30-33-29/h4,8,11,17-21,32H,5-7,9-10,12-15H2,1-3H3,(H,31,36)(H,37,38)/t17?,18-,20+,21-/m0/s1. The van der Waals surface area contributed by atoms with Crippen molar-refractivity contribution in [1.29, 1.82) is 0 Å². The molecule has 1 aromatic rings. The largest absolute Gasteiger partial charge is 0.481 e. The Bertz CT molecular complexity index is 1130. The number of nitrogens with one attached hydrogen (secondary N) is 2. The minimum atomic E-state index is -0.874. The number of amides is 1. The molecule has 2 atom stereocenters. The molecule has 2 fully saturated rings. The van der Waals surface area contributed by atoms with E-state index in [2.05, 4.69) is 32.7 Å². The van der Waals surface area contributed by atoms with Gasteiger partial charge in [0.1, 0.15) is 0 Å². The predicted octanol–water partition coefficient (Wildman–Crippen LogP) is 5.86. The van der Waals surface area contributed by atoms with E-state index in [0.29, 0.717) is 47.3 Å². The molecule has 0 spiro atoms. The third-order valence-corrected chi connectivity index (χ3v) is 8.10. The van der Waals surface area contributed by atoms with Crippen LogP contribution in [0.1, 0.15) is 63.9 Å². The van der Waals surface area contributed by atoms with Crippen molar-refractivity contribution < 1.29 is 14.7 Å². The molecule has 38 heavy (non-hydrogen) atoms. The molecule has 3 aliphatic rings. The second kappa shape index (κ2) is 12.3. The number of hydrogen-bond donors (Lipinski definition) is 3. The van der Waals surface area contributed by atoms with E-state index in [1.807, 2.05) is 25.2 Å². The van der Waals surface area contributed by atoms with Crippen LogP contribution in [-0.2, 0) is 9.59 Å². The summed E-state index contributed by atoms with van der Waals surface area (Å²) in [6.45, 7) is 4.60. The van der Waals surface area contributed by atoms with Crippen molar-refractivity contribution in [2.24, 2.45) is 28.8 Å². The fraction of sp³-hybridized carbons (Fsp3) is 0.630. The van der Waals surface area contributed by atoms with E-state index in [4.69, 9.17) is 17.1 Å². The Kier molecular flexibility index (Phi) is 9.07. The average molecular weight is 544 g/mol. The van der Waals surface area contributed by atoms with E-state index >= 15 is 0 Å². The number of carbonyl (C=O) groups is 2. The van der Waals surface area contributed by atoms with Crippen LogP contribution in [-0.4, -0.2) is 46.7 Å². The summed E-state index contributed by atoms with van der Waals surface area (Å²) >= 11 is 6.33. The Morgan fingerprint density at radius 2 is 2.05 bits per heavy atom. The molecule has 4 rings (SSSR count). The minimum absolute atomic E-state index is 0.0184. The molecule has 0 bridgehead atoms. The van der Waals surface area contributed by atoms with Crippen molar-refractivity contribution in [2.75, 3.05) is 18.9 Å². The number of anilines is 1. The maximum Gasteiger partial charge on any atom is 0.303 e. The normalized spacial score (nSPS) is 22.8. The molecule has 1 heterocycles. The number of azide groups is 1. The lowest BCUT2D eigenvalue weighted by Gasteiger charge is -2.38. The number of halogens is 1. The second-order valence-corrected chi connectivity index (χ2v) is 11.6. The van der Waals surface area contributed by atoms with Crippen LogP contribution in [0.2, 0.25) is 5.02 Å². The molecule has 0 radical (unpaired) electrons. The summed E-state index contributed by atoms with van der Waals surface area (Å²) in [5.41, 5.74) is 16.1. The Labute approximate surface area is 229 Å². The highest BCUT2D eigenvalue weighted by atomic mass is 35.5. The first-order chi connectivity index (χ1) is 18.2. The fourth-order valence-electron chi connectivity index (χ4n) is 5.80. The van der Waals surface area contributed by atoms with Gasteiger partial charge in [-0.2, -0.15) is 0 Å². The van der Waals surface area contributed by atoms with Crippen molar-refractivity contribution in [3.8, 4) is 0 Å². The Morgan fingerprint density at radius 1 is 1.32 bits per heavy atom. The first-order valence-electron chi connectivity index (χ1n) is 13.5. The summed E-state index contributed by atoms with van der Waals surface area (Å²) < 4.78 is 0. The smallest absolute Gasteiger partial charge is 0.303 e. The average Bonchev–Trinajstić information content (AvgIpc) is 3.61. The molecule has 1 aliphatic heterocycles. The number of aryl methyl sites for hydroxylation is 1. The van der Waals surface area contributed by atoms with Gasteiger partial charge in [0, 0.05) is 43.2 Å². The number of carboxylic acid groups (broad SMARTS) is 1. The van der Waals surface area contributed by atoms with Crippen LogP contribution < -0.4 is 10.7 Å². The lowest BCUT2D eigenvalue weighted by Crippen LogP contribution is -2.48. The molecule has 10 nitrogen and oxygen atoms in total. The van der Waals surface area contributed by atoms with E-state index in [1.54, 1.807) is 12.1 Å². The van der Waals surface area contributed by atoms with Crippen LogP contribution in [0.5, 0.6) is 0 Å². The molecule has 3 N–H and O–H groups in total. The molecule has 2 saturated carbocycles. The van der Waals surface area contributed by atoms with E-state index in [0.717, 1.165) is 37.7 Å². The van der Waals surface area contributed by atoms with Gasteiger partial charge in [0.2, 0.25) is 5.91 Å². The Hall–Kier alpha value is -2.94. The third kappa shape index (κ3) is 6.92. The Morgan fingerprint density at radius 3 is 2.68 bits per heavy atom. The van der Waals surface area contributed by atoms with Crippen molar-refractivity contribution in [3.05, 3.63) is 50.6 Å². The van der Waals surface area contributed by atoms with Gasteiger partial charge < -0.3 is 15.8 Å².